The van der Waals surface area contributed by atoms with Gasteiger partial charge in [-0.1, -0.05) is 0 Å². The minimum atomic E-state index is -1.12. The number of rotatable bonds is 6. The van der Waals surface area contributed by atoms with Crippen LogP contribution in [0.25, 0.3) is 28.3 Å². The number of nitrogen functional groups attached to an aromatic ring is 1. The van der Waals surface area contributed by atoms with Crippen LogP contribution in [-0.2, 0) is 7.05 Å². The SMILES string of the molecule is CNC1CCC(Oc2ccc(-n3nnnc3-c3nc(N)ccc3-c3cnn(C)c3)c(F)c2F)CC1.Cl.Cl. The molecule has 0 saturated heterocycles. The fourth-order valence-electron chi connectivity index (χ4n) is 4.36. The van der Waals surface area contributed by atoms with E-state index in [4.69, 9.17) is 10.5 Å². The molecule has 1 fully saturated rings. The summed E-state index contributed by atoms with van der Waals surface area (Å²) in [4.78, 5) is 4.38. The van der Waals surface area contributed by atoms with Gasteiger partial charge in [-0.3, -0.25) is 4.68 Å². The third-order valence-electron chi connectivity index (χ3n) is 6.24. The highest BCUT2D eigenvalue weighted by atomic mass is 35.5. The summed E-state index contributed by atoms with van der Waals surface area (Å²) >= 11 is 0. The predicted octanol–water partition coefficient (Wildman–Crippen LogP) is 3.74. The summed E-state index contributed by atoms with van der Waals surface area (Å²) in [6, 6.07) is 6.61. The number of benzene rings is 1. The van der Waals surface area contributed by atoms with Crippen LogP contribution in [0.3, 0.4) is 0 Å². The van der Waals surface area contributed by atoms with Crippen molar-refractivity contribution in [3.63, 3.8) is 0 Å². The van der Waals surface area contributed by atoms with Gasteiger partial charge in [0.2, 0.25) is 11.6 Å². The molecule has 0 amide bonds. The second kappa shape index (κ2) is 11.8. The van der Waals surface area contributed by atoms with Crippen molar-refractivity contribution in [2.75, 3.05) is 12.8 Å². The van der Waals surface area contributed by atoms with Gasteiger partial charge in [-0.25, -0.2) is 9.37 Å². The lowest BCUT2D eigenvalue weighted by atomic mass is 9.93. The molecule has 0 radical (unpaired) electrons. The third-order valence-corrected chi connectivity index (χ3v) is 6.24. The molecule has 37 heavy (non-hydrogen) atoms. The van der Waals surface area contributed by atoms with Gasteiger partial charge in [0.05, 0.1) is 12.3 Å². The molecule has 3 N–H and O–H groups in total. The van der Waals surface area contributed by atoms with Crippen LogP contribution >= 0.6 is 24.8 Å². The van der Waals surface area contributed by atoms with Gasteiger partial charge in [-0.15, -0.1) is 29.9 Å². The van der Waals surface area contributed by atoms with Crippen LogP contribution in [-0.4, -0.2) is 54.2 Å². The summed E-state index contributed by atoms with van der Waals surface area (Å²) in [5.41, 5.74) is 7.44. The quantitative estimate of drug-likeness (QED) is 0.370. The molecule has 1 aromatic carbocycles. The topological polar surface area (TPSA) is 122 Å². The number of nitrogens with zero attached hydrogens (tertiary/aromatic N) is 7. The van der Waals surface area contributed by atoms with Gasteiger partial charge in [0, 0.05) is 30.4 Å². The van der Waals surface area contributed by atoms with Gasteiger partial charge in [-0.2, -0.15) is 14.2 Å². The van der Waals surface area contributed by atoms with Crippen LogP contribution in [0.5, 0.6) is 5.75 Å². The summed E-state index contributed by atoms with van der Waals surface area (Å²) in [5.74, 6) is -2.01. The van der Waals surface area contributed by atoms with Crippen LogP contribution in [0.1, 0.15) is 25.7 Å². The van der Waals surface area contributed by atoms with Gasteiger partial charge in [-0.05, 0) is 67.4 Å². The number of aryl methyl sites for hydroxylation is 1. The molecule has 3 heterocycles. The first-order chi connectivity index (χ1) is 16.9. The zero-order valence-corrected chi connectivity index (χ0v) is 21.8. The van der Waals surface area contributed by atoms with Crippen molar-refractivity contribution >= 4 is 30.6 Å². The molecule has 14 heteroatoms. The number of nitrogens with two attached hydrogens (primary N) is 1. The van der Waals surface area contributed by atoms with E-state index in [1.807, 2.05) is 7.05 Å². The lowest BCUT2D eigenvalue weighted by Crippen LogP contribution is -2.34. The lowest BCUT2D eigenvalue weighted by molar-refractivity contribution is 0.135. The molecule has 3 aromatic heterocycles. The van der Waals surface area contributed by atoms with E-state index >= 15 is 8.78 Å². The number of ether oxygens (including phenoxy) is 1. The molecule has 0 unspecified atom stereocenters. The summed E-state index contributed by atoms with van der Waals surface area (Å²) < 4.78 is 38.9. The summed E-state index contributed by atoms with van der Waals surface area (Å²) in [6.45, 7) is 0. The normalized spacial score (nSPS) is 17.1. The highest BCUT2D eigenvalue weighted by molar-refractivity contribution is 5.85. The number of halogens is 4. The molecular weight excluding hydrogens is 527 g/mol. The Morgan fingerprint density at radius 3 is 2.49 bits per heavy atom. The highest BCUT2D eigenvalue weighted by Gasteiger charge is 2.26. The Balaban J connectivity index is 0.00000190. The molecule has 1 aliphatic rings. The van der Waals surface area contributed by atoms with E-state index in [-0.39, 0.29) is 54.0 Å². The first-order valence-electron chi connectivity index (χ1n) is 11.3. The summed E-state index contributed by atoms with van der Waals surface area (Å²) in [6.07, 6.45) is 6.66. The van der Waals surface area contributed by atoms with Gasteiger partial charge in [0.1, 0.15) is 17.2 Å². The fourth-order valence-corrected chi connectivity index (χ4v) is 4.36. The fraction of sp³-hybridized carbons (Fsp3) is 0.348. The van der Waals surface area contributed by atoms with E-state index < -0.39 is 11.6 Å². The van der Waals surface area contributed by atoms with Crippen LogP contribution < -0.4 is 15.8 Å². The molecule has 1 saturated carbocycles. The van der Waals surface area contributed by atoms with Crippen molar-refractivity contribution in [2.45, 2.75) is 37.8 Å². The average molecular weight is 554 g/mol. The molecule has 0 spiro atoms. The largest absolute Gasteiger partial charge is 0.487 e. The first-order valence-corrected chi connectivity index (χ1v) is 11.3. The van der Waals surface area contributed by atoms with Crippen LogP contribution in [0.15, 0.2) is 36.7 Å². The van der Waals surface area contributed by atoms with Crippen LogP contribution in [0.4, 0.5) is 14.6 Å². The molecule has 4 aromatic rings. The number of tetrazole rings is 1. The Kier molecular flexibility index (Phi) is 9.00. The monoisotopic (exact) mass is 553 g/mol. The number of aromatic nitrogens is 7. The Morgan fingerprint density at radius 2 is 1.81 bits per heavy atom. The third kappa shape index (κ3) is 5.65. The number of anilines is 1. The van der Waals surface area contributed by atoms with Crippen molar-refractivity contribution < 1.29 is 13.5 Å². The van der Waals surface area contributed by atoms with E-state index in [9.17, 15) is 0 Å². The Labute approximate surface area is 224 Å². The molecule has 1 aliphatic carbocycles. The maximum atomic E-state index is 15.3. The van der Waals surface area contributed by atoms with Crippen molar-refractivity contribution in [1.82, 2.24) is 40.3 Å². The van der Waals surface area contributed by atoms with Crippen molar-refractivity contribution in [3.8, 4) is 34.1 Å². The van der Waals surface area contributed by atoms with E-state index in [2.05, 4.69) is 30.9 Å². The van der Waals surface area contributed by atoms with Gasteiger partial charge in [0.15, 0.2) is 11.6 Å². The Bertz CT molecular complexity index is 1360. The number of pyridine rings is 1. The lowest BCUT2D eigenvalue weighted by Gasteiger charge is -2.28. The molecule has 10 nitrogen and oxygen atoms in total. The second-order valence-corrected chi connectivity index (χ2v) is 8.54. The number of nitrogens with one attached hydrogen (secondary N) is 1. The second-order valence-electron chi connectivity index (χ2n) is 8.54. The van der Waals surface area contributed by atoms with Gasteiger partial charge >= 0.3 is 0 Å². The van der Waals surface area contributed by atoms with Crippen LogP contribution in [0.2, 0.25) is 0 Å². The zero-order valence-electron chi connectivity index (χ0n) is 20.1. The minimum Gasteiger partial charge on any atom is -0.487 e. The Morgan fingerprint density at radius 1 is 1.05 bits per heavy atom. The number of hydrogen-bond acceptors (Lipinski definition) is 8. The summed E-state index contributed by atoms with van der Waals surface area (Å²) in [5, 5.41) is 19.0. The van der Waals surface area contributed by atoms with Crippen LogP contribution in [0, 0.1) is 11.6 Å². The molecular formula is C23H27Cl2F2N9O. The van der Waals surface area contributed by atoms with E-state index in [1.165, 1.54) is 12.1 Å². The van der Waals surface area contributed by atoms with E-state index in [1.54, 1.807) is 36.3 Å². The van der Waals surface area contributed by atoms with E-state index in [0.29, 0.717) is 17.3 Å². The maximum absolute atomic E-state index is 15.3. The smallest absolute Gasteiger partial charge is 0.206 e. The van der Waals surface area contributed by atoms with Crippen molar-refractivity contribution in [1.29, 1.82) is 0 Å². The van der Waals surface area contributed by atoms with Gasteiger partial charge < -0.3 is 15.8 Å². The molecule has 5 rings (SSSR count). The molecule has 0 atom stereocenters. The molecule has 0 bridgehead atoms. The highest BCUT2D eigenvalue weighted by Crippen LogP contribution is 2.33. The minimum absolute atomic E-state index is 0. The molecule has 0 aliphatic heterocycles. The predicted molar refractivity (Wildman–Crippen MR) is 139 cm³/mol. The average Bonchev–Trinajstić information content (AvgIpc) is 3.52. The zero-order chi connectivity index (χ0) is 24.5. The Hall–Kier alpha value is -3.35. The summed E-state index contributed by atoms with van der Waals surface area (Å²) in [7, 11) is 3.71. The van der Waals surface area contributed by atoms with Crippen molar-refractivity contribution in [2.24, 2.45) is 7.05 Å². The van der Waals surface area contributed by atoms with Gasteiger partial charge in [0.25, 0.3) is 0 Å². The standard InChI is InChI=1S/C23H25F2N9O.2ClH/c1-27-14-3-5-15(6-4-14)35-18-9-8-17(20(24)21(18)25)34-23(30-31-32-34)22-16(7-10-19(26)29-22)13-11-28-33(2)12-13;;/h7-12,14-15,27H,3-6H2,1-2H3,(H2,26,29);2*1H. The molecule has 198 valence electrons. The van der Waals surface area contributed by atoms with Crippen molar-refractivity contribution in [3.05, 3.63) is 48.3 Å². The number of hydrogen-bond donors (Lipinski definition) is 2. The maximum Gasteiger partial charge on any atom is 0.206 e. The first kappa shape index (κ1) is 28.2. The van der Waals surface area contributed by atoms with E-state index in [0.717, 1.165) is 35.9 Å².